The SMILES string of the molecule is Cc1cc(Br)cc(NC(=O)c2sc(N)nc2C)c1. The van der Waals surface area contributed by atoms with Gasteiger partial charge in [-0.15, -0.1) is 0 Å². The van der Waals surface area contributed by atoms with Crippen molar-refractivity contribution in [2.75, 3.05) is 11.1 Å². The predicted octanol–water partition coefficient (Wildman–Crippen LogP) is 3.36. The second-order valence-electron chi connectivity index (χ2n) is 3.94. The van der Waals surface area contributed by atoms with Gasteiger partial charge < -0.3 is 11.1 Å². The molecule has 2 rings (SSSR count). The van der Waals surface area contributed by atoms with Gasteiger partial charge in [0, 0.05) is 10.2 Å². The van der Waals surface area contributed by atoms with E-state index in [4.69, 9.17) is 5.73 Å². The van der Waals surface area contributed by atoms with E-state index < -0.39 is 0 Å². The Morgan fingerprint density at radius 1 is 1.39 bits per heavy atom. The largest absolute Gasteiger partial charge is 0.375 e. The molecule has 0 radical (unpaired) electrons. The number of carbonyl (C=O) groups excluding carboxylic acids is 1. The Morgan fingerprint density at radius 2 is 2.11 bits per heavy atom. The summed E-state index contributed by atoms with van der Waals surface area (Å²) < 4.78 is 0.929. The molecule has 18 heavy (non-hydrogen) atoms. The Hall–Kier alpha value is -1.40. The third-order valence-electron chi connectivity index (χ3n) is 2.32. The summed E-state index contributed by atoms with van der Waals surface area (Å²) in [5.74, 6) is -0.181. The van der Waals surface area contributed by atoms with Crippen molar-refractivity contribution in [3.63, 3.8) is 0 Å². The number of nitrogens with zero attached hydrogens (tertiary/aromatic N) is 1. The highest BCUT2D eigenvalue weighted by Crippen LogP contribution is 2.23. The molecule has 6 heteroatoms. The lowest BCUT2D eigenvalue weighted by molar-refractivity contribution is 0.103. The van der Waals surface area contributed by atoms with Crippen molar-refractivity contribution in [1.29, 1.82) is 0 Å². The van der Waals surface area contributed by atoms with Crippen LogP contribution >= 0.6 is 27.3 Å². The molecule has 0 fully saturated rings. The molecule has 0 saturated carbocycles. The number of nitrogen functional groups attached to an aromatic ring is 1. The van der Waals surface area contributed by atoms with Crippen molar-refractivity contribution in [3.05, 3.63) is 38.8 Å². The molecule has 1 amide bonds. The maximum Gasteiger partial charge on any atom is 0.267 e. The minimum Gasteiger partial charge on any atom is -0.375 e. The van der Waals surface area contributed by atoms with E-state index in [2.05, 4.69) is 26.2 Å². The fraction of sp³-hybridized carbons (Fsp3) is 0.167. The van der Waals surface area contributed by atoms with Crippen molar-refractivity contribution in [1.82, 2.24) is 4.98 Å². The number of thiazole rings is 1. The number of aromatic nitrogens is 1. The zero-order valence-electron chi connectivity index (χ0n) is 9.95. The maximum atomic E-state index is 12.1. The molecule has 0 saturated heterocycles. The first kappa shape index (κ1) is 13.0. The van der Waals surface area contributed by atoms with Crippen LogP contribution in [0.25, 0.3) is 0 Å². The first-order chi connectivity index (χ1) is 8.45. The summed E-state index contributed by atoms with van der Waals surface area (Å²) in [5, 5.41) is 3.25. The molecule has 0 bridgehead atoms. The number of rotatable bonds is 2. The van der Waals surface area contributed by atoms with Crippen molar-refractivity contribution in [2.45, 2.75) is 13.8 Å². The number of halogens is 1. The Morgan fingerprint density at radius 3 is 2.67 bits per heavy atom. The van der Waals surface area contributed by atoms with Gasteiger partial charge >= 0.3 is 0 Å². The number of amides is 1. The second kappa shape index (κ2) is 5.07. The summed E-state index contributed by atoms with van der Waals surface area (Å²) in [5.41, 5.74) is 8.05. The number of nitrogens with two attached hydrogens (primary N) is 1. The third kappa shape index (κ3) is 2.88. The van der Waals surface area contributed by atoms with Gasteiger partial charge in [-0.05, 0) is 37.6 Å². The Bertz CT molecular complexity index is 589. The number of aryl methyl sites for hydroxylation is 2. The van der Waals surface area contributed by atoms with Crippen molar-refractivity contribution >= 4 is 44.0 Å². The second-order valence-corrected chi connectivity index (χ2v) is 5.88. The molecule has 94 valence electrons. The lowest BCUT2D eigenvalue weighted by Crippen LogP contribution is -2.11. The van der Waals surface area contributed by atoms with E-state index in [9.17, 15) is 4.79 Å². The predicted molar refractivity (Wildman–Crippen MR) is 78.1 cm³/mol. The van der Waals surface area contributed by atoms with E-state index in [1.54, 1.807) is 6.92 Å². The molecule has 1 aromatic carbocycles. The standard InChI is InChI=1S/C12H12BrN3OS/c1-6-3-8(13)5-9(4-6)16-11(17)10-7(2)15-12(14)18-10/h3-5H,1-2H3,(H2,14,15)(H,16,17). The van der Waals surface area contributed by atoms with Crippen LogP contribution in [0.15, 0.2) is 22.7 Å². The minimum atomic E-state index is -0.181. The monoisotopic (exact) mass is 325 g/mol. The Balaban J connectivity index is 2.23. The lowest BCUT2D eigenvalue weighted by atomic mass is 10.2. The number of hydrogen-bond acceptors (Lipinski definition) is 4. The van der Waals surface area contributed by atoms with Gasteiger partial charge in [0.05, 0.1) is 5.69 Å². The highest BCUT2D eigenvalue weighted by atomic mass is 79.9. The van der Waals surface area contributed by atoms with E-state index >= 15 is 0 Å². The summed E-state index contributed by atoms with van der Waals surface area (Å²) in [7, 11) is 0. The van der Waals surface area contributed by atoms with Gasteiger partial charge in [-0.3, -0.25) is 4.79 Å². The lowest BCUT2D eigenvalue weighted by Gasteiger charge is -2.06. The molecule has 0 aliphatic carbocycles. The first-order valence-corrected chi connectivity index (χ1v) is 6.88. The summed E-state index contributed by atoms with van der Waals surface area (Å²) in [6.07, 6.45) is 0. The number of nitrogens with one attached hydrogen (secondary N) is 1. The fourth-order valence-electron chi connectivity index (χ4n) is 1.62. The third-order valence-corrected chi connectivity index (χ3v) is 3.76. The van der Waals surface area contributed by atoms with Crippen molar-refractivity contribution < 1.29 is 4.79 Å². The molecule has 0 spiro atoms. The van der Waals surface area contributed by atoms with Crippen LogP contribution in [0.4, 0.5) is 10.8 Å². The molecule has 1 heterocycles. The van der Waals surface area contributed by atoms with Gasteiger partial charge in [0.2, 0.25) is 0 Å². The average molecular weight is 326 g/mol. The number of anilines is 2. The smallest absolute Gasteiger partial charge is 0.267 e. The van der Waals surface area contributed by atoms with Crippen LogP contribution in [0.5, 0.6) is 0 Å². The van der Waals surface area contributed by atoms with Gasteiger partial charge in [0.1, 0.15) is 4.88 Å². The van der Waals surface area contributed by atoms with Gasteiger partial charge in [0.25, 0.3) is 5.91 Å². The van der Waals surface area contributed by atoms with Crippen LogP contribution in [0.3, 0.4) is 0 Å². The molecule has 0 aliphatic rings. The summed E-state index contributed by atoms with van der Waals surface area (Å²) in [4.78, 5) is 16.6. The Labute approximate surface area is 117 Å². The number of benzene rings is 1. The highest BCUT2D eigenvalue weighted by molar-refractivity contribution is 9.10. The van der Waals surface area contributed by atoms with Crippen LogP contribution in [-0.4, -0.2) is 10.9 Å². The van der Waals surface area contributed by atoms with Gasteiger partial charge in [0.15, 0.2) is 5.13 Å². The molecule has 1 aromatic heterocycles. The first-order valence-electron chi connectivity index (χ1n) is 5.27. The average Bonchev–Trinajstić information content (AvgIpc) is 2.56. The molecule has 3 N–H and O–H groups in total. The van der Waals surface area contributed by atoms with E-state index in [1.807, 2.05) is 25.1 Å². The number of hydrogen-bond donors (Lipinski definition) is 2. The normalized spacial score (nSPS) is 10.4. The van der Waals surface area contributed by atoms with Gasteiger partial charge in [-0.25, -0.2) is 4.98 Å². The molecule has 2 aromatic rings. The molecular formula is C12H12BrN3OS. The minimum absolute atomic E-state index is 0.181. The van der Waals surface area contributed by atoms with Crippen LogP contribution in [0.1, 0.15) is 20.9 Å². The highest BCUT2D eigenvalue weighted by Gasteiger charge is 2.14. The van der Waals surface area contributed by atoms with Crippen LogP contribution in [0, 0.1) is 13.8 Å². The number of carbonyl (C=O) groups is 1. The molecule has 4 nitrogen and oxygen atoms in total. The van der Waals surface area contributed by atoms with Gasteiger partial charge in [-0.1, -0.05) is 27.3 Å². The topological polar surface area (TPSA) is 68.0 Å². The molecule has 0 aliphatic heterocycles. The van der Waals surface area contributed by atoms with Crippen LogP contribution < -0.4 is 11.1 Å². The van der Waals surface area contributed by atoms with E-state index in [0.717, 1.165) is 15.7 Å². The van der Waals surface area contributed by atoms with Crippen LogP contribution in [0.2, 0.25) is 0 Å². The van der Waals surface area contributed by atoms with E-state index in [-0.39, 0.29) is 5.91 Å². The summed E-state index contributed by atoms with van der Waals surface area (Å²) >= 11 is 4.59. The van der Waals surface area contributed by atoms with Gasteiger partial charge in [-0.2, -0.15) is 0 Å². The van der Waals surface area contributed by atoms with Crippen molar-refractivity contribution in [3.8, 4) is 0 Å². The molecule has 0 atom stereocenters. The zero-order chi connectivity index (χ0) is 13.3. The Kier molecular flexibility index (Phi) is 3.68. The summed E-state index contributed by atoms with van der Waals surface area (Å²) in [6, 6.07) is 5.73. The fourth-order valence-corrected chi connectivity index (χ4v) is 2.96. The van der Waals surface area contributed by atoms with Crippen molar-refractivity contribution in [2.24, 2.45) is 0 Å². The van der Waals surface area contributed by atoms with E-state index in [1.165, 1.54) is 11.3 Å². The molecule has 0 unspecified atom stereocenters. The quantitative estimate of drug-likeness (QED) is 0.889. The summed E-state index contributed by atoms with van der Waals surface area (Å²) in [6.45, 7) is 3.74. The van der Waals surface area contributed by atoms with E-state index in [0.29, 0.717) is 15.7 Å². The van der Waals surface area contributed by atoms with Crippen LogP contribution in [-0.2, 0) is 0 Å². The molecular weight excluding hydrogens is 314 g/mol. The maximum absolute atomic E-state index is 12.1. The zero-order valence-corrected chi connectivity index (χ0v) is 12.4.